The van der Waals surface area contributed by atoms with Crippen LogP contribution in [0.1, 0.15) is 4.88 Å². The molecule has 3 N–H and O–H groups in total. The number of thiophene rings is 1. The van der Waals surface area contributed by atoms with Crippen LogP contribution >= 0.6 is 27.3 Å². The van der Waals surface area contributed by atoms with Crippen LogP contribution in [0.3, 0.4) is 0 Å². The van der Waals surface area contributed by atoms with Gasteiger partial charge in [-0.3, -0.25) is 10.1 Å². The second-order valence-electron chi connectivity index (χ2n) is 3.30. The fourth-order valence-electron chi connectivity index (χ4n) is 1.32. The number of anilines is 2. The van der Waals surface area contributed by atoms with Crippen molar-refractivity contribution in [3.05, 3.63) is 37.2 Å². The van der Waals surface area contributed by atoms with E-state index in [2.05, 4.69) is 31.2 Å². The summed E-state index contributed by atoms with van der Waals surface area (Å²) < 4.78 is 0.973. The van der Waals surface area contributed by atoms with Crippen LogP contribution < -0.4 is 11.1 Å². The first-order valence-electron chi connectivity index (χ1n) is 4.79. The summed E-state index contributed by atoms with van der Waals surface area (Å²) in [4.78, 5) is 18.7. The van der Waals surface area contributed by atoms with E-state index in [9.17, 15) is 10.1 Å². The predicted octanol–water partition coefficient (Wildman–Crippen LogP) is 2.40. The lowest BCUT2D eigenvalue weighted by Crippen LogP contribution is -2.07. The van der Waals surface area contributed by atoms with Crippen molar-refractivity contribution in [1.29, 1.82) is 0 Å². The van der Waals surface area contributed by atoms with Gasteiger partial charge >= 0.3 is 5.69 Å². The van der Waals surface area contributed by atoms with E-state index in [4.69, 9.17) is 5.73 Å². The van der Waals surface area contributed by atoms with Gasteiger partial charge in [-0.05, 0) is 22.0 Å². The molecule has 0 saturated heterocycles. The van der Waals surface area contributed by atoms with Crippen molar-refractivity contribution in [1.82, 2.24) is 9.97 Å². The number of nitrogens with two attached hydrogens (primary N) is 1. The molecule has 2 rings (SSSR count). The molecular weight excluding hydrogens is 322 g/mol. The Morgan fingerprint density at radius 1 is 1.56 bits per heavy atom. The first-order valence-corrected chi connectivity index (χ1v) is 6.47. The van der Waals surface area contributed by atoms with E-state index in [1.54, 1.807) is 0 Å². The Labute approximate surface area is 114 Å². The second kappa shape index (κ2) is 5.27. The largest absolute Gasteiger partial charge is 0.378 e. The molecule has 7 nitrogen and oxygen atoms in total. The highest BCUT2D eigenvalue weighted by Crippen LogP contribution is 2.27. The minimum absolute atomic E-state index is 0.122. The van der Waals surface area contributed by atoms with Crippen molar-refractivity contribution in [2.24, 2.45) is 0 Å². The van der Waals surface area contributed by atoms with E-state index < -0.39 is 4.92 Å². The average Bonchev–Trinajstić information content (AvgIpc) is 2.72. The summed E-state index contributed by atoms with van der Waals surface area (Å²) >= 11 is 4.87. The number of hydrogen-bond donors (Lipinski definition) is 2. The smallest absolute Gasteiger partial charge is 0.352 e. The zero-order valence-electron chi connectivity index (χ0n) is 8.96. The molecule has 0 fully saturated rings. The van der Waals surface area contributed by atoms with Crippen molar-refractivity contribution in [2.45, 2.75) is 6.54 Å². The first kappa shape index (κ1) is 12.7. The number of hydrogen-bond acceptors (Lipinski definition) is 7. The lowest BCUT2D eigenvalue weighted by molar-refractivity contribution is -0.383. The molecule has 2 aromatic rings. The molecule has 0 aromatic carbocycles. The van der Waals surface area contributed by atoms with Crippen LogP contribution in [0.5, 0.6) is 0 Å². The Bertz CT molecular complexity index is 588. The summed E-state index contributed by atoms with van der Waals surface area (Å²) in [7, 11) is 0. The van der Waals surface area contributed by atoms with Gasteiger partial charge < -0.3 is 11.1 Å². The predicted molar refractivity (Wildman–Crippen MR) is 72.4 cm³/mol. The fourth-order valence-corrected chi connectivity index (χ4v) is 2.71. The van der Waals surface area contributed by atoms with Gasteiger partial charge in [-0.1, -0.05) is 0 Å². The van der Waals surface area contributed by atoms with Crippen molar-refractivity contribution in [2.75, 3.05) is 11.1 Å². The van der Waals surface area contributed by atoms with Crippen molar-refractivity contribution in [3.63, 3.8) is 0 Å². The van der Waals surface area contributed by atoms with E-state index in [1.165, 1.54) is 17.7 Å². The highest BCUT2D eigenvalue weighted by molar-refractivity contribution is 9.10. The summed E-state index contributed by atoms with van der Waals surface area (Å²) in [6.45, 7) is 0.438. The molecule has 9 heteroatoms. The zero-order valence-corrected chi connectivity index (χ0v) is 11.4. The molecule has 2 heterocycles. The van der Waals surface area contributed by atoms with Crippen LogP contribution in [0.15, 0.2) is 22.2 Å². The number of nitrogen functional groups attached to an aromatic ring is 1. The number of nitro groups is 1. The van der Waals surface area contributed by atoms with Crippen LogP contribution in [-0.4, -0.2) is 14.9 Å². The number of halogens is 1. The fraction of sp³-hybridized carbons (Fsp3) is 0.111. The molecule has 0 atom stereocenters. The van der Waals surface area contributed by atoms with E-state index in [0.717, 1.165) is 9.35 Å². The molecule has 94 valence electrons. The number of aromatic nitrogens is 2. The Kier molecular flexibility index (Phi) is 3.72. The quantitative estimate of drug-likeness (QED) is 0.658. The summed E-state index contributed by atoms with van der Waals surface area (Å²) in [6.07, 6.45) is 1.19. The lowest BCUT2D eigenvalue weighted by Gasteiger charge is -2.05. The van der Waals surface area contributed by atoms with Gasteiger partial charge in [-0.2, -0.15) is 0 Å². The molecule has 0 radical (unpaired) electrons. The molecule has 0 bridgehead atoms. The maximum Gasteiger partial charge on any atom is 0.352 e. The number of nitrogens with one attached hydrogen (secondary N) is 1. The van der Waals surface area contributed by atoms with Gasteiger partial charge in [0.25, 0.3) is 0 Å². The van der Waals surface area contributed by atoms with Crippen molar-refractivity contribution >= 4 is 44.6 Å². The van der Waals surface area contributed by atoms with Crippen molar-refractivity contribution in [3.8, 4) is 0 Å². The first-order chi connectivity index (χ1) is 8.58. The van der Waals surface area contributed by atoms with Gasteiger partial charge in [0.15, 0.2) is 0 Å². The van der Waals surface area contributed by atoms with E-state index in [-0.39, 0.29) is 17.3 Å². The Balaban J connectivity index is 2.19. The maximum atomic E-state index is 10.9. The summed E-state index contributed by atoms with van der Waals surface area (Å²) in [6, 6.07) is 1.92. The molecule has 0 aliphatic rings. The number of rotatable bonds is 4. The van der Waals surface area contributed by atoms with Gasteiger partial charge in [0.2, 0.25) is 11.6 Å². The summed E-state index contributed by atoms with van der Waals surface area (Å²) in [5.74, 6) is -0.0260. The lowest BCUT2D eigenvalue weighted by atomic mass is 10.4. The van der Waals surface area contributed by atoms with Crippen LogP contribution in [0.4, 0.5) is 17.3 Å². The standard InChI is InChI=1S/C9H8BrN5O2S/c10-5-1-6(18-3-5)2-12-9-7(15(16)17)8(11)13-4-14-9/h1,3-4H,2H2,(H3,11,12,13,14). The molecular formula is C9H8BrN5O2S. The molecule has 0 unspecified atom stereocenters. The summed E-state index contributed by atoms with van der Waals surface area (Å²) in [5, 5.41) is 15.7. The molecule has 0 amide bonds. The molecule has 0 aliphatic carbocycles. The van der Waals surface area contributed by atoms with Crippen LogP contribution in [-0.2, 0) is 6.54 Å². The second-order valence-corrected chi connectivity index (χ2v) is 5.21. The van der Waals surface area contributed by atoms with Crippen LogP contribution in [0.25, 0.3) is 0 Å². The van der Waals surface area contributed by atoms with Crippen LogP contribution in [0, 0.1) is 10.1 Å². The Morgan fingerprint density at radius 2 is 2.33 bits per heavy atom. The molecule has 2 aromatic heterocycles. The Hall–Kier alpha value is -1.74. The average molecular weight is 330 g/mol. The maximum absolute atomic E-state index is 10.9. The molecule has 0 aliphatic heterocycles. The van der Waals surface area contributed by atoms with Gasteiger partial charge in [-0.25, -0.2) is 9.97 Å². The van der Waals surface area contributed by atoms with Crippen LogP contribution in [0.2, 0.25) is 0 Å². The summed E-state index contributed by atoms with van der Waals surface area (Å²) in [5.41, 5.74) is 5.16. The van der Waals surface area contributed by atoms with Gasteiger partial charge in [0.05, 0.1) is 11.5 Å². The Morgan fingerprint density at radius 3 is 2.94 bits per heavy atom. The monoisotopic (exact) mass is 329 g/mol. The van der Waals surface area contributed by atoms with E-state index in [0.29, 0.717) is 6.54 Å². The van der Waals surface area contributed by atoms with E-state index in [1.807, 2.05) is 11.4 Å². The van der Waals surface area contributed by atoms with Gasteiger partial charge in [0, 0.05) is 14.7 Å². The highest BCUT2D eigenvalue weighted by atomic mass is 79.9. The normalized spacial score (nSPS) is 10.3. The van der Waals surface area contributed by atoms with E-state index >= 15 is 0 Å². The molecule has 0 saturated carbocycles. The minimum Gasteiger partial charge on any atom is -0.378 e. The zero-order chi connectivity index (χ0) is 13.1. The third-order valence-corrected chi connectivity index (χ3v) is 3.78. The van der Waals surface area contributed by atoms with Gasteiger partial charge in [-0.15, -0.1) is 11.3 Å². The minimum atomic E-state index is -0.595. The molecule has 18 heavy (non-hydrogen) atoms. The van der Waals surface area contributed by atoms with Gasteiger partial charge in [0.1, 0.15) is 6.33 Å². The molecule has 0 spiro atoms. The van der Waals surface area contributed by atoms with Crippen molar-refractivity contribution < 1.29 is 4.92 Å². The SMILES string of the molecule is Nc1ncnc(NCc2cc(Br)cs2)c1[N+](=O)[O-]. The number of nitrogens with zero attached hydrogens (tertiary/aromatic N) is 3. The highest BCUT2D eigenvalue weighted by Gasteiger charge is 2.20. The third kappa shape index (κ3) is 2.74. The third-order valence-electron chi connectivity index (χ3n) is 2.08. The topological polar surface area (TPSA) is 107 Å².